The second-order valence-electron chi connectivity index (χ2n) is 5.58. The summed E-state index contributed by atoms with van der Waals surface area (Å²) in [6.45, 7) is 1.34. The fourth-order valence-corrected chi connectivity index (χ4v) is 2.79. The molecule has 2 aromatic rings. The molecule has 0 spiro atoms. The first-order valence-corrected chi connectivity index (χ1v) is 7.05. The summed E-state index contributed by atoms with van der Waals surface area (Å²) in [6, 6.07) is 0.795. The summed E-state index contributed by atoms with van der Waals surface area (Å²) in [5.41, 5.74) is -3.42. The molecule has 1 fully saturated rings. The maximum atomic E-state index is 13.1. The Labute approximate surface area is 127 Å². The second kappa shape index (κ2) is 5.40. The Morgan fingerprint density at radius 3 is 2.35 bits per heavy atom. The van der Waals surface area contributed by atoms with Crippen molar-refractivity contribution in [1.29, 1.82) is 0 Å². The van der Waals surface area contributed by atoms with Crippen LogP contribution in [-0.2, 0) is 12.4 Å². The van der Waals surface area contributed by atoms with Crippen molar-refractivity contribution in [3.8, 4) is 0 Å². The monoisotopic (exact) mass is 337 g/mol. The van der Waals surface area contributed by atoms with Crippen LogP contribution in [-0.4, -0.2) is 23.1 Å². The molecule has 2 N–H and O–H groups in total. The fourth-order valence-electron chi connectivity index (χ4n) is 2.79. The Kier molecular flexibility index (Phi) is 3.78. The van der Waals surface area contributed by atoms with Gasteiger partial charge >= 0.3 is 12.4 Å². The molecule has 2 heterocycles. The number of imidazole rings is 1. The summed E-state index contributed by atoms with van der Waals surface area (Å²) in [5.74, 6) is 0.156. The maximum absolute atomic E-state index is 13.1. The average molecular weight is 337 g/mol. The molecule has 0 aliphatic carbocycles. The highest BCUT2D eigenvalue weighted by molar-refractivity contribution is 5.80. The van der Waals surface area contributed by atoms with Gasteiger partial charge in [0.25, 0.3) is 0 Å². The third kappa shape index (κ3) is 3.15. The number of nitrogens with zero attached hydrogens (tertiary/aromatic N) is 1. The third-order valence-electron chi connectivity index (χ3n) is 3.92. The Hall–Kier alpha value is -1.77. The van der Waals surface area contributed by atoms with Crippen molar-refractivity contribution in [3.05, 3.63) is 29.1 Å². The van der Waals surface area contributed by atoms with Crippen LogP contribution in [0.2, 0.25) is 0 Å². The van der Waals surface area contributed by atoms with Crippen molar-refractivity contribution in [2.45, 2.75) is 31.1 Å². The molecule has 1 atom stereocenters. The molecule has 3 nitrogen and oxygen atoms in total. The van der Waals surface area contributed by atoms with Crippen molar-refractivity contribution in [2.24, 2.45) is 0 Å². The van der Waals surface area contributed by atoms with Crippen LogP contribution < -0.4 is 5.32 Å². The van der Waals surface area contributed by atoms with E-state index in [1.165, 1.54) is 0 Å². The molecule has 0 radical (unpaired) electrons. The van der Waals surface area contributed by atoms with Crippen LogP contribution in [0.15, 0.2) is 12.1 Å². The summed E-state index contributed by atoms with van der Waals surface area (Å²) in [7, 11) is 0. The first kappa shape index (κ1) is 16.1. The van der Waals surface area contributed by atoms with Gasteiger partial charge in [0.15, 0.2) is 0 Å². The van der Waals surface area contributed by atoms with Crippen LogP contribution in [0.4, 0.5) is 26.3 Å². The average Bonchev–Trinajstić information content (AvgIpc) is 2.89. The van der Waals surface area contributed by atoms with Gasteiger partial charge in [0.1, 0.15) is 11.3 Å². The summed E-state index contributed by atoms with van der Waals surface area (Å²) < 4.78 is 77.8. The molecule has 1 aromatic heterocycles. The fraction of sp³-hybridized carbons (Fsp3) is 0.500. The number of aromatic amines is 1. The summed E-state index contributed by atoms with van der Waals surface area (Å²) in [4.78, 5) is 6.58. The SMILES string of the molecule is FC(F)(F)c1cc(C(F)(F)F)c2nc([C@H]3CCCNC3)[nH]c2c1. The lowest BCUT2D eigenvalue weighted by Gasteiger charge is -2.20. The van der Waals surface area contributed by atoms with Crippen molar-refractivity contribution in [1.82, 2.24) is 15.3 Å². The first-order chi connectivity index (χ1) is 10.7. The van der Waals surface area contributed by atoms with Crippen molar-refractivity contribution in [2.75, 3.05) is 13.1 Å². The molecule has 1 aromatic carbocycles. The quantitative estimate of drug-likeness (QED) is 0.770. The van der Waals surface area contributed by atoms with Crippen LogP contribution in [0.1, 0.15) is 35.7 Å². The summed E-state index contributed by atoms with van der Waals surface area (Å²) in [6.07, 6.45) is -8.20. The Morgan fingerprint density at radius 1 is 1.04 bits per heavy atom. The molecule has 0 saturated carbocycles. The lowest BCUT2D eigenvalue weighted by atomic mass is 9.99. The highest BCUT2D eigenvalue weighted by atomic mass is 19.4. The molecule has 1 saturated heterocycles. The van der Waals surface area contributed by atoms with E-state index in [2.05, 4.69) is 15.3 Å². The minimum Gasteiger partial charge on any atom is -0.342 e. The number of fused-ring (bicyclic) bond motifs is 1. The number of piperidine rings is 1. The molecule has 23 heavy (non-hydrogen) atoms. The molecule has 3 rings (SSSR count). The van der Waals surface area contributed by atoms with Crippen LogP contribution in [0.5, 0.6) is 0 Å². The van der Waals surface area contributed by atoms with Gasteiger partial charge in [-0.05, 0) is 31.5 Å². The van der Waals surface area contributed by atoms with Gasteiger partial charge < -0.3 is 10.3 Å². The topological polar surface area (TPSA) is 40.7 Å². The number of hydrogen-bond donors (Lipinski definition) is 2. The zero-order valence-corrected chi connectivity index (χ0v) is 11.8. The van der Waals surface area contributed by atoms with Gasteiger partial charge in [-0.1, -0.05) is 0 Å². The number of rotatable bonds is 1. The second-order valence-corrected chi connectivity index (χ2v) is 5.58. The number of H-pyrrole nitrogens is 1. The van der Waals surface area contributed by atoms with Crippen LogP contribution in [0.25, 0.3) is 11.0 Å². The lowest BCUT2D eigenvalue weighted by Crippen LogP contribution is -2.28. The zero-order valence-electron chi connectivity index (χ0n) is 11.8. The van der Waals surface area contributed by atoms with E-state index in [9.17, 15) is 26.3 Å². The Balaban J connectivity index is 2.15. The Morgan fingerprint density at radius 2 is 1.78 bits per heavy atom. The smallest absolute Gasteiger partial charge is 0.342 e. The van der Waals surface area contributed by atoms with E-state index >= 15 is 0 Å². The van der Waals surface area contributed by atoms with Gasteiger partial charge in [-0.25, -0.2) is 4.98 Å². The number of hydrogen-bond acceptors (Lipinski definition) is 2. The highest BCUT2D eigenvalue weighted by Gasteiger charge is 2.39. The molecule has 1 aliphatic heterocycles. The Bertz CT molecular complexity index is 710. The van der Waals surface area contributed by atoms with E-state index < -0.39 is 29.0 Å². The maximum Gasteiger partial charge on any atom is 0.418 e. The van der Waals surface area contributed by atoms with Crippen molar-refractivity contribution in [3.63, 3.8) is 0 Å². The molecule has 1 aliphatic rings. The molecule has 0 bridgehead atoms. The third-order valence-corrected chi connectivity index (χ3v) is 3.92. The predicted molar refractivity (Wildman–Crippen MR) is 70.9 cm³/mol. The van der Waals surface area contributed by atoms with Gasteiger partial charge in [0.05, 0.1) is 16.6 Å². The van der Waals surface area contributed by atoms with E-state index in [0.29, 0.717) is 12.6 Å². The first-order valence-electron chi connectivity index (χ1n) is 7.05. The zero-order chi connectivity index (χ0) is 16.8. The normalized spacial score (nSPS) is 20.2. The van der Waals surface area contributed by atoms with Crippen molar-refractivity contribution >= 4 is 11.0 Å². The van der Waals surface area contributed by atoms with Crippen LogP contribution >= 0.6 is 0 Å². The number of alkyl halides is 6. The number of nitrogens with one attached hydrogen (secondary N) is 2. The van der Waals surface area contributed by atoms with Gasteiger partial charge in [-0.2, -0.15) is 26.3 Å². The van der Waals surface area contributed by atoms with E-state index in [1.807, 2.05) is 0 Å². The van der Waals surface area contributed by atoms with E-state index in [4.69, 9.17) is 0 Å². The molecular weight excluding hydrogens is 324 g/mol. The van der Waals surface area contributed by atoms with E-state index in [1.54, 1.807) is 0 Å². The lowest BCUT2D eigenvalue weighted by molar-refractivity contribution is -0.142. The largest absolute Gasteiger partial charge is 0.418 e. The molecule has 9 heteroatoms. The van der Waals surface area contributed by atoms with Gasteiger partial charge in [0, 0.05) is 12.5 Å². The van der Waals surface area contributed by atoms with Crippen LogP contribution in [0.3, 0.4) is 0 Å². The molecule has 126 valence electrons. The number of benzene rings is 1. The minimum absolute atomic E-state index is 0.117. The summed E-state index contributed by atoms with van der Waals surface area (Å²) >= 11 is 0. The van der Waals surface area contributed by atoms with E-state index in [0.717, 1.165) is 19.4 Å². The highest BCUT2D eigenvalue weighted by Crippen LogP contribution is 2.39. The summed E-state index contributed by atoms with van der Waals surface area (Å²) in [5, 5.41) is 3.10. The molecule has 0 unspecified atom stereocenters. The van der Waals surface area contributed by atoms with Gasteiger partial charge in [0.2, 0.25) is 0 Å². The number of halogens is 6. The van der Waals surface area contributed by atoms with Gasteiger partial charge in [-0.15, -0.1) is 0 Å². The minimum atomic E-state index is -4.91. The van der Waals surface area contributed by atoms with Gasteiger partial charge in [-0.3, -0.25) is 0 Å². The predicted octanol–water partition coefficient (Wildman–Crippen LogP) is 4.07. The number of aromatic nitrogens is 2. The van der Waals surface area contributed by atoms with Crippen molar-refractivity contribution < 1.29 is 26.3 Å². The van der Waals surface area contributed by atoms with E-state index in [-0.39, 0.29) is 23.3 Å². The molecular formula is C14H13F6N3. The molecule has 0 amide bonds. The van der Waals surface area contributed by atoms with Crippen LogP contribution in [0, 0.1) is 0 Å². The standard InChI is InChI=1S/C14H13F6N3/c15-13(16,17)8-4-9(14(18,19)20)11-10(5-8)22-12(23-11)7-2-1-3-21-6-7/h4-5,7,21H,1-3,6H2,(H,22,23)/t7-/m0/s1.